The maximum atomic E-state index is 13.9. The number of amides is 2. The van der Waals surface area contributed by atoms with Crippen LogP contribution in [0.25, 0.3) is 0 Å². The van der Waals surface area contributed by atoms with Crippen LogP contribution in [-0.4, -0.2) is 43.0 Å². The second-order valence-electron chi connectivity index (χ2n) is 6.66. The highest BCUT2D eigenvalue weighted by Gasteiger charge is 2.66. The summed E-state index contributed by atoms with van der Waals surface area (Å²) in [6.07, 6.45) is -5.34. The molecule has 3 rings (SSSR count). The van der Waals surface area contributed by atoms with Crippen molar-refractivity contribution in [2.45, 2.75) is 17.9 Å². The molecule has 30 heavy (non-hydrogen) atoms. The third kappa shape index (κ3) is 3.65. The maximum absolute atomic E-state index is 13.9. The minimum Gasteiger partial charge on any atom is -0.497 e. The number of nitrogens with one attached hydrogen (secondary N) is 2. The highest BCUT2D eigenvalue weighted by Crippen LogP contribution is 2.46. The Morgan fingerprint density at radius 2 is 1.77 bits per heavy atom. The lowest BCUT2D eigenvalue weighted by atomic mass is 9.77. The van der Waals surface area contributed by atoms with Gasteiger partial charge in [0.1, 0.15) is 17.4 Å². The lowest BCUT2D eigenvalue weighted by Gasteiger charge is -2.45. The molecule has 0 spiro atoms. The van der Waals surface area contributed by atoms with Crippen LogP contribution < -0.4 is 20.1 Å². The predicted molar refractivity (Wildman–Crippen MR) is 99.2 cm³/mol. The van der Waals surface area contributed by atoms with Crippen molar-refractivity contribution in [2.24, 2.45) is 5.92 Å². The number of carbonyl (C=O) groups excluding carboxylic acids is 2. The van der Waals surface area contributed by atoms with E-state index in [1.54, 1.807) is 6.07 Å². The van der Waals surface area contributed by atoms with E-state index in [4.69, 9.17) is 9.47 Å². The zero-order valence-electron chi connectivity index (χ0n) is 16.0. The highest BCUT2D eigenvalue weighted by molar-refractivity contribution is 6.00. The zero-order chi connectivity index (χ0) is 22.1. The van der Waals surface area contributed by atoms with E-state index in [1.807, 2.05) is 0 Å². The van der Waals surface area contributed by atoms with Gasteiger partial charge >= 0.3 is 12.2 Å². The van der Waals surface area contributed by atoms with Gasteiger partial charge in [0.2, 0.25) is 5.72 Å². The van der Waals surface area contributed by atoms with E-state index in [1.165, 1.54) is 62.0 Å². The van der Waals surface area contributed by atoms with Gasteiger partial charge in [0.25, 0.3) is 0 Å². The van der Waals surface area contributed by atoms with Gasteiger partial charge in [-0.2, -0.15) is 13.2 Å². The van der Waals surface area contributed by atoms with Crippen LogP contribution in [0.5, 0.6) is 11.5 Å². The number of carbonyl (C=O) groups is 2. The number of rotatable bonds is 5. The summed E-state index contributed by atoms with van der Waals surface area (Å²) in [7, 11) is 2.64. The first-order chi connectivity index (χ1) is 14.1. The van der Waals surface area contributed by atoms with E-state index in [-0.39, 0.29) is 22.6 Å². The van der Waals surface area contributed by atoms with Crippen LogP contribution in [0.15, 0.2) is 48.5 Å². The normalized spacial score (nSPS) is 23.9. The van der Waals surface area contributed by atoms with Crippen molar-refractivity contribution in [2.75, 3.05) is 14.2 Å². The minimum atomic E-state index is -5.34. The summed E-state index contributed by atoms with van der Waals surface area (Å²) in [5, 5.41) is 14.4. The molecule has 2 amide bonds. The summed E-state index contributed by atoms with van der Waals surface area (Å²) in [6, 6.07) is 8.64. The van der Waals surface area contributed by atoms with Crippen LogP contribution in [-0.2, 0) is 0 Å². The Bertz CT molecular complexity index is 951. The zero-order valence-corrected chi connectivity index (χ0v) is 16.0. The van der Waals surface area contributed by atoms with Crippen LogP contribution >= 0.6 is 0 Å². The Morgan fingerprint density at radius 3 is 2.33 bits per heavy atom. The molecule has 160 valence electrons. The SMILES string of the molecule is COc1ccc(OC)c([C@@H]2NC(=O)N[C@](O)(C(F)(F)F)[C@@H]2C(=O)c2ccccc2)c1. The average Bonchev–Trinajstić information content (AvgIpc) is 2.72. The fourth-order valence-corrected chi connectivity index (χ4v) is 3.46. The number of ether oxygens (including phenoxy) is 2. The maximum Gasteiger partial charge on any atom is 0.437 e. The molecule has 0 aliphatic carbocycles. The lowest BCUT2D eigenvalue weighted by Crippen LogP contribution is -2.72. The van der Waals surface area contributed by atoms with E-state index in [9.17, 15) is 27.9 Å². The lowest BCUT2D eigenvalue weighted by molar-refractivity contribution is -0.287. The van der Waals surface area contributed by atoms with Crippen LogP contribution in [0, 0.1) is 5.92 Å². The molecule has 0 aromatic heterocycles. The third-order valence-electron chi connectivity index (χ3n) is 4.92. The second kappa shape index (κ2) is 7.86. The van der Waals surface area contributed by atoms with Gasteiger partial charge in [-0.05, 0) is 18.2 Å². The standard InChI is InChI=1S/C20H19F3N2O5/c1-29-12-8-9-14(30-2)13(10-12)16-15(17(26)11-6-4-3-5-7-11)19(28,20(21,22)23)25-18(27)24-16/h3-10,15-16,28H,1-2H3,(H2,24,25,27)/t15-,16-,19+/m0/s1. The molecule has 2 aromatic carbocycles. The largest absolute Gasteiger partial charge is 0.497 e. The first-order valence-electron chi connectivity index (χ1n) is 8.81. The molecule has 10 heteroatoms. The summed E-state index contributed by atoms with van der Waals surface area (Å²) >= 11 is 0. The monoisotopic (exact) mass is 424 g/mol. The predicted octanol–water partition coefficient (Wildman–Crippen LogP) is 2.81. The number of hydrogen-bond acceptors (Lipinski definition) is 5. The number of halogens is 3. The van der Waals surface area contributed by atoms with E-state index in [2.05, 4.69) is 5.32 Å². The van der Waals surface area contributed by atoms with E-state index in [0.29, 0.717) is 0 Å². The molecular weight excluding hydrogens is 405 g/mol. The van der Waals surface area contributed by atoms with Crippen molar-refractivity contribution in [1.29, 1.82) is 0 Å². The molecule has 3 atom stereocenters. The highest BCUT2D eigenvalue weighted by atomic mass is 19.4. The quantitative estimate of drug-likeness (QED) is 0.642. The number of methoxy groups -OCH3 is 2. The van der Waals surface area contributed by atoms with Crippen molar-refractivity contribution < 1.29 is 37.3 Å². The Balaban J connectivity index is 2.23. The van der Waals surface area contributed by atoms with Crippen LogP contribution in [0.3, 0.4) is 0 Å². The minimum absolute atomic E-state index is 0.0451. The number of benzene rings is 2. The molecule has 0 radical (unpaired) electrons. The number of hydrogen-bond donors (Lipinski definition) is 3. The van der Waals surface area contributed by atoms with Crippen molar-refractivity contribution in [1.82, 2.24) is 10.6 Å². The molecule has 1 aliphatic rings. The van der Waals surface area contributed by atoms with Gasteiger partial charge in [-0.25, -0.2) is 4.79 Å². The summed E-state index contributed by atoms with van der Waals surface area (Å²) in [6.45, 7) is 0. The average molecular weight is 424 g/mol. The number of urea groups is 1. The van der Waals surface area contributed by atoms with Crippen molar-refractivity contribution in [3.05, 3.63) is 59.7 Å². The smallest absolute Gasteiger partial charge is 0.437 e. The Kier molecular flexibility index (Phi) is 5.62. The molecule has 0 unspecified atom stereocenters. The molecule has 1 aliphatic heterocycles. The second-order valence-corrected chi connectivity index (χ2v) is 6.66. The van der Waals surface area contributed by atoms with Crippen molar-refractivity contribution in [3.8, 4) is 11.5 Å². The Morgan fingerprint density at radius 1 is 1.10 bits per heavy atom. The summed E-state index contributed by atoms with van der Waals surface area (Å²) in [5.41, 5.74) is -3.83. The van der Waals surface area contributed by atoms with E-state index < -0.39 is 35.7 Å². The van der Waals surface area contributed by atoms with Gasteiger partial charge < -0.3 is 25.2 Å². The number of alkyl halides is 3. The van der Waals surface area contributed by atoms with Crippen molar-refractivity contribution >= 4 is 11.8 Å². The molecule has 7 nitrogen and oxygen atoms in total. The molecule has 3 N–H and O–H groups in total. The van der Waals surface area contributed by atoms with Gasteiger partial charge in [-0.15, -0.1) is 0 Å². The fourth-order valence-electron chi connectivity index (χ4n) is 3.46. The molecule has 1 fully saturated rings. The number of Topliss-reactive ketones (excluding diaryl/α,β-unsaturated/α-hetero) is 1. The molecule has 1 saturated heterocycles. The summed E-state index contributed by atoms with van der Waals surface area (Å²) in [5.74, 6) is -2.80. The van der Waals surface area contributed by atoms with Crippen LogP contribution in [0.2, 0.25) is 0 Å². The van der Waals surface area contributed by atoms with Crippen molar-refractivity contribution in [3.63, 3.8) is 0 Å². The Labute approximate surface area is 169 Å². The number of aliphatic hydroxyl groups is 1. The van der Waals surface area contributed by atoms with Gasteiger partial charge in [-0.3, -0.25) is 4.79 Å². The van der Waals surface area contributed by atoms with Crippen LogP contribution in [0.1, 0.15) is 22.0 Å². The summed E-state index contributed by atoms with van der Waals surface area (Å²) in [4.78, 5) is 25.3. The topological polar surface area (TPSA) is 96.9 Å². The van der Waals surface area contributed by atoms with Gasteiger partial charge in [0.05, 0.1) is 20.3 Å². The summed E-state index contributed by atoms with van der Waals surface area (Å²) < 4.78 is 52.2. The molecule has 0 saturated carbocycles. The Hall–Kier alpha value is -3.27. The van der Waals surface area contributed by atoms with Gasteiger partial charge in [-0.1, -0.05) is 30.3 Å². The van der Waals surface area contributed by atoms with E-state index in [0.717, 1.165) is 0 Å². The molecule has 1 heterocycles. The van der Waals surface area contributed by atoms with Crippen LogP contribution in [0.4, 0.5) is 18.0 Å². The number of ketones is 1. The molecular formula is C20H19F3N2O5. The van der Waals surface area contributed by atoms with E-state index >= 15 is 0 Å². The fraction of sp³-hybridized carbons (Fsp3) is 0.300. The third-order valence-corrected chi connectivity index (χ3v) is 4.92. The molecule has 0 bridgehead atoms. The first-order valence-corrected chi connectivity index (χ1v) is 8.81. The van der Waals surface area contributed by atoms with Gasteiger partial charge in [0.15, 0.2) is 5.78 Å². The van der Waals surface area contributed by atoms with Gasteiger partial charge in [0, 0.05) is 11.1 Å². The molecule has 2 aromatic rings. The first kappa shape index (κ1) is 21.4.